The van der Waals surface area contributed by atoms with Gasteiger partial charge in [-0.3, -0.25) is 19.6 Å². The van der Waals surface area contributed by atoms with Crippen molar-refractivity contribution in [3.8, 4) is 5.75 Å². The molecule has 4 heterocycles. The first-order valence-corrected chi connectivity index (χ1v) is 15.7. The molecule has 0 radical (unpaired) electrons. The number of carbonyl (C=O) groups excluding carboxylic acids is 1. The Bertz CT molecular complexity index is 1510. The largest absolute Gasteiger partial charge is 0.460 e. The third kappa shape index (κ3) is 6.60. The molecular formula is C33H39N5O3S. The van der Waals surface area contributed by atoms with Crippen LogP contribution in [-0.4, -0.2) is 60.9 Å². The lowest BCUT2D eigenvalue weighted by molar-refractivity contribution is -0.111. The molecule has 3 aromatic rings. The normalized spacial score (nSPS) is 21.4. The van der Waals surface area contributed by atoms with Gasteiger partial charge in [0.15, 0.2) is 0 Å². The number of rotatable bonds is 10. The lowest BCUT2D eigenvalue weighted by Crippen LogP contribution is -2.43. The Morgan fingerprint density at radius 1 is 1.14 bits per heavy atom. The van der Waals surface area contributed by atoms with Crippen molar-refractivity contribution in [3.63, 3.8) is 0 Å². The molecule has 3 aliphatic rings. The number of hydrogen-bond donors (Lipinski definition) is 2. The summed E-state index contributed by atoms with van der Waals surface area (Å²) in [4.78, 5) is 21.9. The molecule has 1 unspecified atom stereocenters. The Hall–Kier alpha value is -3.50. The van der Waals surface area contributed by atoms with E-state index in [0.717, 1.165) is 67.3 Å². The SMILES string of the molecule is C=CC(=O)Nc1cccc(OC2=c3sccc3=NC(Nc3ccc(CN4CCC(N5CCOC5)CC4)cc3)[C@@H]2CC)c1. The second-order valence-corrected chi connectivity index (χ2v) is 12.0. The summed E-state index contributed by atoms with van der Waals surface area (Å²) >= 11 is 1.64. The maximum absolute atomic E-state index is 11.8. The first-order valence-electron chi connectivity index (χ1n) is 14.9. The van der Waals surface area contributed by atoms with E-state index >= 15 is 0 Å². The second kappa shape index (κ2) is 13.2. The summed E-state index contributed by atoms with van der Waals surface area (Å²) in [5, 5.41) is 9.49. The standard InChI is InChI=1S/C33H39N5O3S/c1-3-28-31(41-27-7-5-6-25(20-27)34-30(39)4-2)32-29(14-19-42-32)36-33(28)35-24-10-8-23(9-11-24)21-37-15-12-26(13-16-37)38-17-18-40-22-38/h4-11,14,19-20,26,28,33,35H,2-3,12-13,15-18,21-22H2,1H3,(H,34,39)/t28-,33?/m1/s1. The number of piperidine rings is 1. The summed E-state index contributed by atoms with van der Waals surface area (Å²) in [6.45, 7) is 11.7. The van der Waals surface area contributed by atoms with E-state index in [9.17, 15) is 4.79 Å². The molecule has 1 aromatic heterocycles. The van der Waals surface area contributed by atoms with Crippen molar-refractivity contribution in [2.45, 2.75) is 44.9 Å². The van der Waals surface area contributed by atoms with Gasteiger partial charge in [0, 0.05) is 36.6 Å². The predicted octanol–water partition coefficient (Wildman–Crippen LogP) is 4.41. The van der Waals surface area contributed by atoms with Crippen molar-refractivity contribution < 1.29 is 14.3 Å². The summed E-state index contributed by atoms with van der Waals surface area (Å²) in [6, 6.07) is 19.0. The molecule has 1 amide bonds. The quantitative estimate of drug-likeness (QED) is 0.343. The maximum atomic E-state index is 11.8. The minimum absolute atomic E-state index is 0.0459. The van der Waals surface area contributed by atoms with Crippen molar-refractivity contribution in [2.24, 2.45) is 10.9 Å². The first-order chi connectivity index (χ1) is 20.6. The molecule has 6 rings (SSSR count). The van der Waals surface area contributed by atoms with E-state index in [1.807, 2.05) is 30.3 Å². The van der Waals surface area contributed by atoms with Crippen LogP contribution in [0.4, 0.5) is 11.4 Å². The Labute approximate surface area is 251 Å². The van der Waals surface area contributed by atoms with E-state index in [4.69, 9.17) is 14.5 Å². The van der Waals surface area contributed by atoms with Crippen molar-refractivity contribution >= 4 is 34.4 Å². The average molecular weight is 586 g/mol. The molecule has 220 valence electrons. The summed E-state index contributed by atoms with van der Waals surface area (Å²) in [5.74, 6) is 1.37. The number of amides is 1. The number of thiophene rings is 1. The summed E-state index contributed by atoms with van der Waals surface area (Å²) in [5.41, 5.74) is 3.04. The van der Waals surface area contributed by atoms with Crippen LogP contribution < -0.4 is 25.3 Å². The second-order valence-electron chi connectivity index (χ2n) is 11.1. The fraction of sp³-hybridized carbons (Fsp3) is 0.394. The molecule has 0 saturated carbocycles. The van der Waals surface area contributed by atoms with Crippen LogP contribution in [0.1, 0.15) is 31.7 Å². The van der Waals surface area contributed by atoms with Gasteiger partial charge in [0.25, 0.3) is 0 Å². The summed E-state index contributed by atoms with van der Waals surface area (Å²) in [6.07, 6.45) is 4.38. The first kappa shape index (κ1) is 28.6. The topological polar surface area (TPSA) is 78.4 Å². The highest BCUT2D eigenvalue weighted by molar-refractivity contribution is 7.07. The number of fused-ring (bicyclic) bond motifs is 1. The number of likely N-dealkylation sites (tertiary alicyclic amines) is 1. The van der Waals surface area contributed by atoms with Crippen LogP contribution in [0.25, 0.3) is 5.76 Å². The number of anilines is 2. The zero-order valence-electron chi connectivity index (χ0n) is 24.1. The Morgan fingerprint density at radius 3 is 2.71 bits per heavy atom. The highest BCUT2D eigenvalue weighted by atomic mass is 32.1. The Kier molecular flexibility index (Phi) is 9.00. The predicted molar refractivity (Wildman–Crippen MR) is 168 cm³/mol. The highest BCUT2D eigenvalue weighted by Crippen LogP contribution is 2.30. The van der Waals surface area contributed by atoms with Crippen molar-refractivity contribution in [2.75, 3.05) is 43.6 Å². The van der Waals surface area contributed by atoms with Crippen LogP contribution in [0.5, 0.6) is 5.75 Å². The molecule has 2 fully saturated rings. The van der Waals surface area contributed by atoms with Crippen LogP contribution >= 0.6 is 11.3 Å². The van der Waals surface area contributed by atoms with Crippen LogP contribution in [0, 0.1) is 5.92 Å². The van der Waals surface area contributed by atoms with Crippen LogP contribution in [-0.2, 0) is 16.1 Å². The number of carbonyl (C=O) groups is 1. The average Bonchev–Trinajstić information content (AvgIpc) is 3.72. The fourth-order valence-corrected chi connectivity index (χ4v) is 6.94. The van der Waals surface area contributed by atoms with Gasteiger partial charge >= 0.3 is 0 Å². The van der Waals surface area contributed by atoms with Gasteiger partial charge in [0.1, 0.15) is 17.7 Å². The smallest absolute Gasteiger partial charge is 0.247 e. The molecule has 3 aliphatic heterocycles. The molecule has 42 heavy (non-hydrogen) atoms. The zero-order valence-corrected chi connectivity index (χ0v) is 24.9. The molecular weight excluding hydrogens is 546 g/mol. The lowest BCUT2D eigenvalue weighted by atomic mass is 9.98. The number of nitrogens with zero attached hydrogens (tertiary/aromatic N) is 3. The van der Waals surface area contributed by atoms with E-state index in [2.05, 4.69) is 63.6 Å². The zero-order chi connectivity index (χ0) is 28.9. The molecule has 0 spiro atoms. The van der Waals surface area contributed by atoms with Crippen molar-refractivity contribution in [3.05, 3.63) is 88.1 Å². The van der Waals surface area contributed by atoms with Crippen LogP contribution in [0.3, 0.4) is 0 Å². The Balaban J connectivity index is 1.12. The lowest BCUT2D eigenvalue weighted by Gasteiger charge is -2.36. The molecule has 2 atom stereocenters. The minimum Gasteiger partial charge on any atom is -0.460 e. The van der Waals surface area contributed by atoms with Gasteiger partial charge in [-0.25, -0.2) is 0 Å². The molecule has 0 aliphatic carbocycles. The number of ether oxygens (including phenoxy) is 2. The number of nitrogens with one attached hydrogen (secondary N) is 2. The van der Waals surface area contributed by atoms with Crippen LogP contribution in [0.15, 0.2) is 77.6 Å². The van der Waals surface area contributed by atoms with Gasteiger partial charge < -0.3 is 20.1 Å². The van der Waals surface area contributed by atoms with E-state index in [1.54, 1.807) is 11.3 Å². The van der Waals surface area contributed by atoms with Gasteiger partial charge in [-0.1, -0.05) is 31.7 Å². The van der Waals surface area contributed by atoms with Gasteiger partial charge in [-0.15, -0.1) is 11.3 Å². The number of benzene rings is 2. The summed E-state index contributed by atoms with van der Waals surface area (Å²) < 4.78 is 13.2. The van der Waals surface area contributed by atoms with Gasteiger partial charge in [0.2, 0.25) is 5.91 Å². The molecule has 2 aromatic carbocycles. The number of hydrogen-bond acceptors (Lipinski definition) is 8. The van der Waals surface area contributed by atoms with E-state index in [1.165, 1.54) is 24.5 Å². The van der Waals surface area contributed by atoms with Gasteiger partial charge in [-0.2, -0.15) is 0 Å². The van der Waals surface area contributed by atoms with E-state index < -0.39 is 0 Å². The van der Waals surface area contributed by atoms with Gasteiger partial charge in [-0.05, 0) is 79.7 Å². The Morgan fingerprint density at radius 2 is 1.98 bits per heavy atom. The third-order valence-corrected chi connectivity index (χ3v) is 9.27. The van der Waals surface area contributed by atoms with Crippen molar-refractivity contribution in [1.82, 2.24) is 9.80 Å². The molecule has 8 nitrogen and oxygen atoms in total. The monoisotopic (exact) mass is 585 g/mol. The third-order valence-electron chi connectivity index (χ3n) is 8.35. The van der Waals surface area contributed by atoms with Gasteiger partial charge in [0.05, 0.1) is 29.1 Å². The molecule has 2 N–H and O–H groups in total. The maximum Gasteiger partial charge on any atom is 0.247 e. The molecule has 9 heteroatoms. The minimum atomic E-state index is -0.254. The fourth-order valence-electron chi connectivity index (χ4n) is 6.06. The highest BCUT2D eigenvalue weighted by Gasteiger charge is 2.30. The van der Waals surface area contributed by atoms with E-state index in [0.29, 0.717) is 17.5 Å². The molecule has 0 bridgehead atoms. The summed E-state index contributed by atoms with van der Waals surface area (Å²) in [7, 11) is 0. The molecule has 2 saturated heterocycles. The van der Waals surface area contributed by atoms with Crippen molar-refractivity contribution in [1.29, 1.82) is 0 Å². The van der Waals surface area contributed by atoms with Crippen LogP contribution in [0.2, 0.25) is 0 Å². The van der Waals surface area contributed by atoms with E-state index in [-0.39, 0.29) is 18.0 Å².